The number of hydrogen-bond donors (Lipinski definition) is 2. The van der Waals surface area contributed by atoms with Gasteiger partial charge in [0.15, 0.2) is 5.96 Å². The second kappa shape index (κ2) is 13.0. The maximum atomic E-state index is 6.00. The first-order valence-electron chi connectivity index (χ1n) is 8.21. The molecule has 144 valence electrons. The van der Waals surface area contributed by atoms with Gasteiger partial charge in [0, 0.05) is 29.9 Å². The molecule has 1 aromatic carbocycles. The molecule has 1 aromatic heterocycles. The molecule has 3 N–H and O–H groups in total. The number of nitrogens with zero attached hydrogens (tertiary/aromatic N) is 2. The molecule has 0 fully saturated rings. The molecule has 6 nitrogen and oxygen atoms in total. The lowest BCUT2D eigenvalue weighted by molar-refractivity contribution is 0.332. The Morgan fingerprint density at radius 3 is 2.81 bits per heavy atom. The summed E-state index contributed by atoms with van der Waals surface area (Å²) in [6, 6.07) is 5.62. The van der Waals surface area contributed by atoms with Gasteiger partial charge in [-0.25, -0.2) is 4.98 Å². The van der Waals surface area contributed by atoms with E-state index >= 15 is 0 Å². The van der Waals surface area contributed by atoms with E-state index in [1.165, 1.54) is 0 Å². The second-order valence-corrected chi connectivity index (χ2v) is 7.15. The molecule has 0 aliphatic rings. The van der Waals surface area contributed by atoms with E-state index in [1.807, 2.05) is 43.6 Å². The van der Waals surface area contributed by atoms with Gasteiger partial charge >= 0.3 is 0 Å². The van der Waals surface area contributed by atoms with Gasteiger partial charge in [-0.1, -0.05) is 11.8 Å². The predicted molar refractivity (Wildman–Crippen MR) is 122 cm³/mol. The molecule has 9 heteroatoms. The summed E-state index contributed by atoms with van der Waals surface area (Å²) in [6.45, 7) is 5.73. The maximum Gasteiger partial charge on any atom is 0.193 e. The van der Waals surface area contributed by atoms with E-state index in [2.05, 4.69) is 15.3 Å². The second-order valence-electron chi connectivity index (χ2n) is 4.92. The first-order chi connectivity index (χ1) is 12.2. The van der Waals surface area contributed by atoms with E-state index in [0.717, 1.165) is 33.7 Å². The summed E-state index contributed by atoms with van der Waals surface area (Å²) < 4.78 is 12.2. The van der Waals surface area contributed by atoms with Gasteiger partial charge < -0.3 is 20.5 Å². The van der Waals surface area contributed by atoms with Crippen molar-refractivity contribution in [3.63, 3.8) is 0 Å². The molecule has 26 heavy (non-hydrogen) atoms. The molecule has 0 saturated heterocycles. The van der Waals surface area contributed by atoms with Crippen LogP contribution in [-0.4, -0.2) is 36.5 Å². The molecule has 0 atom stereocenters. The molecule has 0 bridgehead atoms. The molecule has 0 amide bonds. The molecule has 0 spiro atoms. The quantitative estimate of drug-likeness (QED) is 0.162. The minimum atomic E-state index is 0. The summed E-state index contributed by atoms with van der Waals surface area (Å²) >= 11 is 3.39. The van der Waals surface area contributed by atoms with Gasteiger partial charge in [-0.05, 0) is 32.4 Å². The summed E-state index contributed by atoms with van der Waals surface area (Å²) in [6.07, 6.45) is 2.75. The fraction of sp³-hybridized carbons (Fsp3) is 0.412. The Morgan fingerprint density at radius 1 is 1.31 bits per heavy atom. The van der Waals surface area contributed by atoms with E-state index in [4.69, 9.17) is 15.2 Å². The highest BCUT2D eigenvalue weighted by Gasteiger charge is 2.07. The van der Waals surface area contributed by atoms with Crippen molar-refractivity contribution in [3.8, 4) is 11.5 Å². The van der Waals surface area contributed by atoms with Crippen molar-refractivity contribution in [1.82, 2.24) is 4.98 Å². The van der Waals surface area contributed by atoms with Gasteiger partial charge in [0.2, 0.25) is 0 Å². The number of thiazole rings is 1. The van der Waals surface area contributed by atoms with Crippen LogP contribution in [0.1, 0.15) is 20.3 Å². The molecule has 0 aliphatic carbocycles. The zero-order valence-corrected chi connectivity index (χ0v) is 18.9. The highest BCUT2D eigenvalue weighted by Crippen LogP contribution is 2.29. The molecule has 0 aliphatic heterocycles. The van der Waals surface area contributed by atoms with Crippen LogP contribution < -0.4 is 20.5 Å². The monoisotopic (exact) mass is 508 g/mol. The number of nitrogens with two attached hydrogens (primary N) is 1. The van der Waals surface area contributed by atoms with E-state index in [0.29, 0.717) is 25.7 Å². The van der Waals surface area contributed by atoms with Crippen LogP contribution in [0.2, 0.25) is 0 Å². The fourth-order valence-corrected chi connectivity index (χ4v) is 3.66. The van der Waals surface area contributed by atoms with Gasteiger partial charge in [0.1, 0.15) is 15.8 Å². The number of hydrogen-bond acceptors (Lipinski definition) is 6. The fourth-order valence-electron chi connectivity index (χ4n) is 2.03. The number of halogens is 1. The molecular weight excluding hydrogens is 483 g/mol. The van der Waals surface area contributed by atoms with Gasteiger partial charge in [-0.2, -0.15) is 0 Å². The average molecular weight is 508 g/mol. The zero-order valence-electron chi connectivity index (χ0n) is 14.9. The van der Waals surface area contributed by atoms with Crippen LogP contribution in [0, 0.1) is 0 Å². The number of guanidine groups is 1. The number of rotatable bonds is 10. The van der Waals surface area contributed by atoms with Crippen molar-refractivity contribution in [2.45, 2.75) is 24.6 Å². The lowest BCUT2D eigenvalue weighted by Crippen LogP contribution is -2.23. The molecule has 0 unspecified atom stereocenters. The smallest absolute Gasteiger partial charge is 0.193 e. The van der Waals surface area contributed by atoms with E-state index in [9.17, 15) is 0 Å². The van der Waals surface area contributed by atoms with E-state index in [-0.39, 0.29) is 24.0 Å². The van der Waals surface area contributed by atoms with Crippen LogP contribution in [0.15, 0.2) is 39.1 Å². The Kier molecular flexibility index (Phi) is 11.5. The third-order valence-corrected chi connectivity index (χ3v) is 5.10. The van der Waals surface area contributed by atoms with Crippen LogP contribution in [-0.2, 0) is 0 Å². The third kappa shape index (κ3) is 8.00. The van der Waals surface area contributed by atoms with Gasteiger partial charge in [-0.15, -0.1) is 35.3 Å². The van der Waals surface area contributed by atoms with Crippen molar-refractivity contribution in [2.75, 3.05) is 30.8 Å². The standard InChI is InChI=1S/C17H24N4O2S2.HI/c1-3-22-13-6-7-15(23-4-2)14(12-13)21-16(18)19-8-5-10-24-17-20-9-11-25-17;/h6-7,9,11-12H,3-5,8,10H2,1-2H3,(H3,18,19,21);1H. The largest absolute Gasteiger partial charge is 0.494 e. The van der Waals surface area contributed by atoms with Crippen LogP contribution in [0.4, 0.5) is 5.69 Å². The number of benzene rings is 1. The van der Waals surface area contributed by atoms with Crippen molar-refractivity contribution in [2.24, 2.45) is 10.7 Å². The Bertz CT molecular complexity index is 669. The molecule has 1 heterocycles. The highest BCUT2D eigenvalue weighted by molar-refractivity contribution is 14.0. The predicted octanol–water partition coefficient (Wildman–Crippen LogP) is 4.47. The summed E-state index contributed by atoms with van der Waals surface area (Å²) in [4.78, 5) is 8.61. The van der Waals surface area contributed by atoms with Crippen molar-refractivity contribution < 1.29 is 9.47 Å². The maximum absolute atomic E-state index is 6.00. The Morgan fingerprint density at radius 2 is 2.12 bits per heavy atom. The lowest BCUT2D eigenvalue weighted by Gasteiger charge is -2.14. The summed E-state index contributed by atoms with van der Waals surface area (Å²) in [5.41, 5.74) is 6.75. The minimum absolute atomic E-state index is 0. The van der Waals surface area contributed by atoms with Crippen LogP contribution in [0.5, 0.6) is 11.5 Å². The number of ether oxygens (including phenoxy) is 2. The van der Waals surface area contributed by atoms with Crippen molar-refractivity contribution in [3.05, 3.63) is 29.8 Å². The van der Waals surface area contributed by atoms with Gasteiger partial charge in [-0.3, -0.25) is 4.99 Å². The summed E-state index contributed by atoms with van der Waals surface area (Å²) in [5, 5.41) is 5.09. The lowest BCUT2D eigenvalue weighted by atomic mass is 10.2. The SMILES string of the molecule is CCOc1ccc(OCC)c(NC(N)=NCCCSc2nccs2)c1.I. The number of thioether (sulfide) groups is 1. The molecular formula is C17H25IN4O2S2. The molecule has 2 rings (SSSR count). The Labute approximate surface area is 180 Å². The zero-order chi connectivity index (χ0) is 17.9. The highest BCUT2D eigenvalue weighted by atomic mass is 127. The van der Waals surface area contributed by atoms with Gasteiger partial charge in [0.25, 0.3) is 0 Å². The molecule has 2 aromatic rings. The number of nitrogens with one attached hydrogen (secondary N) is 1. The van der Waals surface area contributed by atoms with Crippen LogP contribution >= 0.6 is 47.1 Å². The van der Waals surface area contributed by atoms with Crippen molar-refractivity contribution in [1.29, 1.82) is 0 Å². The number of anilines is 1. The molecule has 0 saturated carbocycles. The normalized spacial score (nSPS) is 10.9. The first-order valence-corrected chi connectivity index (χ1v) is 10.1. The average Bonchev–Trinajstić information content (AvgIpc) is 3.11. The number of aromatic nitrogens is 1. The Balaban J connectivity index is 0.00000338. The third-order valence-electron chi connectivity index (χ3n) is 3.04. The van der Waals surface area contributed by atoms with Crippen LogP contribution in [0.25, 0.3) is 0 Å². The topological polar surface area (TPSA) is 81.8 Å². The van der Waals surface area contributed by atoms with E-state index < -0.39 is 0 Å². The summed E-state index contributed by atoms with van der Waals surface area (Å²) in [7, 11) is 0. The first kappa shape index (κ1) is 22.8. The van der Waals surface area contributed by atoms with Crippen LogP contribution in [0.3, 0.4) is 0 Å². The van der Waals surface area contributed by atoms with E-state index in [1.54, 1.807) is 23.1 Å². The Hall–Kier alpha value is -1.20. The van der Waals surface area contributed by atoms with Crippen molar-refractivity contribution >= 4 is 58.7 Å². The summed E-state index contributed by atoms with van der Waals surface area (Å²) in [5.74, 6) is 2.83. The van der Waals surface area contributed by atoms with Gasteiger partial charge in [0.05, 0.1) is 18.9 Å². The molecule has 0 radical (unpaired) electrons. The minimum Gasteiger partial charge on any atom is -0.494 e. The number of aliphatic imine (C=N–C) groups is 1.